The molecule has 9 heteroatoms. The fraction of sp³-hybridized carbons (Fsp3) is 0.900. The van der Waals surface area contributed by atoms with Crippen LogP contribution >= 0.6 is 24.0 Å². The molecule has 0 spiro atoms. The van der Waals surface area contributed by atoms with Gasteiger partial charge in [0, 0.05) is 59.0 Å². The van der Waals surface area contributed by atoms with E-state index >= 15 is 0 Å². The van der Waals surface area contributed by atoms with Crippen molar-refractivity contribution >= 4 is 35.8 Å². The predicted octanol–water partition coefficient (Wildman–Crippen LogP) is 1.00. The fourth-order valence-electron chi connectivity index (χ4n) is 4.34. The molecule has 0 radical (unpaired) electrons. The molecule has 3 rings (SSSR count). The topological polar surface area (TPSA) is 69.6 Å². The highest BCUT2D eigenvalue weighted by atomic mass is 127. The minimum absolute atomic E-state index is 0. The first kappa shape index (κ1) is 24.6. The number of halogens is 1. The van der Waals surface area contributed by atoms with Crippen molar-refractivity contribution in [1.29, 1.82) is 0 Å². The Morgan fingerprint density at radius 2 is 1.90 bits per heavy atom. The lowest BCUT2D eigenvalue weighted by Gasteiger charge is -2.37. The third-order valence-electron chi connectivity index (χ3n) is 5.96. The molecule has 0 aromatic heterocycles. The van der Waals surface area contributed by atoms with E-state index in [1.807, 2.05) is 4.90 Å². The SMILES string of the molecule is CCNC(=NCC1CCCN1CCOC)N1CCN(C(=O)C2CCCO2)CC1.I. The molecule has 0 aliphatic carbocycles. The molecule has 168 valence electrons. The second-order valence-corrected chi connectivity index (χ2v) is 7.83. The Labute approximate surface area is 192 Å². The van der Waals surface area contributed by atoms with Gasteiger partial charge in [-0.1, -0.05) is 0 Å². The molecular weight excluding hydrogens is 485 g/mol. The summed E-state index contributed by atoms with van der Waals surface area (Å²) in [6, 6.07) is 0.506. The van der Waals surface area contributed by atoms with Crippen LogP contribution in [-0.2, 0) is 14.3 Å². The van der Waals surface area contributed by atoms with E-state index in [1.54, 1.807) is 7.11 Å². The molecule has 0 aromatic rings. The number of hydrogen-bond acceptors (Lipinski definition) is 5. The van der Waals surface area contributed by atoms with Gasteiger partial charge < -0.3 is 24.6 Å². The van der Waals surface area contributed by atoms with Crippen LogP contribution in [0.25, 0.3) is 0 Å². The lowest BCUT2D eigenvalue weighted by Crippen LogP contribution is -2.55. The molecule has 1 amide bonds. The molecule has 3 fully saturated rings. The first-order valence-corrected chi connectivity index (χ1v) is 10.9. The van der Waals surface area contributed by atoms with E-state index in [0.717, 1.165) is 84.4 Å². The number of amides is 1. The average molecular weight is 523 g/mol. The maximum atomic E-state index is 12.5. The summed E-state index contributed by atoms with van der Waals surface area (Å²) in [5.74, 6) is 1.14. The van der Waals surface area contributed by atoms with E-state index in [9.17, 15) is 4.79 Å². The van der Waals surface area contributed by atoms with Crippen molar-refractivity contribution in [1.82, 2.24) is 20.0 Å². The van der Waals surface area contributed by atoms with Crippen molar-refractivity contribution in [2.24, 2.45) is 4.99 Å². The molecule has 8 nitrogen and oxygen atoms in total. The third-order valence-corrected chi connectivity index (χ3v) is 5.96. The third kappa shape index (κ3) is 6.93. The molecule has 0 bridgehead atoms. The Morgan fingerprint density at radius 3 is 2.55 bits per heavy atom. The Morgan fingerprint density at radius 1 is 1.14 bits per heavy atom. The number of ether oxygens (including phenoxy) is 2. The van der Waals surface area contributed by atoms with Gasteiger partial charge >= 0.3 is 0 Å². The van der Waals surface area contributed by atoms with Gasteiger partial charge in [0.25, 0.3) is 5.91 Å². The molecule has 29 heavy (non-hydrogen) atoms. The minimum Gasteiger partial charge on any atom is -0.383 e. The fourth-order valence-corrected chi connectivity index (χ4v) is 4.34. The van der Waals surface area contributed by atoms with E-state index < -0.39 is 0 Å². The van der Waals surface area contributed by atoms with Crippen molar-refractivity contribution in [3.05, 3.63) is 0 Å². The van der Waals surface area contributed by atoms with Gasteiger partial charge in [0.2, 0.25) is 0 Å². The van der Waals surface area contributed by atoms with Gasteiger partial charge in [-0.15, -0.1) is 24.0 Å². The van der Waals surface area contributed by atoms with Gasteiger partial charge in [-0.25, -0.2) is 0 Å². The van der Waals surface area contributed by atoms with Crippen LogP contribution in [0.15, 0.2) is 4.99 Å². The summed E-state index contributed by atoms with van der Waals surface area (Å²) in [6.45, 7) is 10.5. The number of hydrogen-bond donors (Lipinski definition) is 1. The van der Waals surface area contributed by atoms with Crippen LogP contribution in [0.5, 0.6) is 0 Å². The smallest absolute Gasteiger partial charge is 0.251 e. The number of guanidine groups is 1. The van der Waals surface area contributed by atoms with Gasteiger partial charge in [-0.05, 0) is 39.2 Å². The summed E-state index contributed by atoms with van der Waals surface area (Å²) in [4.78, 5) is 24.2. The second-order valence-electron chi connectivity index (χ2n) is 7.83. The number of aliphatic imine (C=N–C) groups is 1. The molecule has 1 N–H and O–H groups in total. The molecular formula is C20H38IN5O3. The Balaban J connectivity index is 0.00000300. The first-order chi connectivity index (χ1) is 13.7. The maximum Gasteiger partial charge on any atom is 0.251 e. The largest absolute Gasteiger partial charge is 0.383 e. The summed E-state index contributed by atoms with van der Waals surface area (Å²) in [7, 11) is 1.76. The number of piperazine rings is 1. The summed E-state index contributed by atoms with van der Waals surface area (Å²) < 4.78 is 10.8. The number of carbonyl (C=O) groups excluding carboxylic acids is 1. The lowest BCUT2D eigenvalue weighted by molar-refractivity contribution is -0.142. The van der Waals surface area contributed by atoms with Crippen molar-refractivity contribution in [3.8, 4) is 0 Å². The Bertz CT molecular complexity index is 522. The van der Waals surface area contributed by atoms with Gasteiger partial charge in [0.15, 0.2) is 5.96 Å². The number of nitrogens with one attached hydrogen (secondary N) is 1. The van der Waals surface area contributed by atoms with Crippen LogP contribution in [0.3, 0.4) is 0 Å². The van der Waals surface area contributed by atoms with Crippen molar-refractivity contribution < 1.29 is 14.3 Å². The molecule has 3 aliphatic heterocycles. The lowest BCUT2D eigenvalue weighted by atomic mass is 10.2. The van der Waals surface area contributed by atoms with Gasteiger partial charge in [-0.3, -0.25) is 14.7 Å². The van der Waals surface area contributed by atoms with Crippen molar-refractivity contribution in [3.63, 3.8) is 0 Å². The van der Waals surface area contributed by atoms with Crippen LogP contribution in [0.4, 0.5) is 0 Å². The summed E-state index contributed by atoms with van der Waals surface area (Å²) in [6.07, 6.45) is 4.09. The Hall–Kier alpha value is -0.650. The average Bonchev–Trinajstić information content (AvgIpc) is 3.41. The number of likely N-dealkylation sites (tertiary alicyclic amines) is 1. The van der Waals surface area contributed by atoms with Crippen LogP contribution in [-0.4, -0.2) is 111 Å². The standard InChI is InChI=1S/C20H37N5O3.HI/c1-3-21-20(22-16-17-6-4-8-23(17)13-15-27-2)25-11-9-24(10-12-25)19(26)18-7-5-14-28-18;/h17-18H,3-16H2,1-2H3,(H,21,22);1H. The van der Waals surface area contributed by atoms with E-state index in [2.05, 4.69) is 22.0 Å². The second kappa shape index (κ2) is 12.9. The summed E-state index contributed by atoms with van der Waals surface area (Å²) in [5.41, 5.74) is 0. The van der Waals surface area contributed by atoms with Crippen LogP contribution in [0.2, 0.25) is 0 Å². The molecule has 3 saturated heterocycles. The normalized spacial score (nSPS) is 25.9. The van der Waals surface area contributed by atoms with Gasteiger partial charge in [0.1, 0.15) is 6.10 Å². The van der Waals surface area contributed by atoms with Crippen molar-refractivity contribution in [2.75, 3.05) is 72.7 Å². The highest BCUT2D eigenvalue weighted by molar-refractivity contribution is 14.0. The first-order valence-electron chi connectivity index (χ1n) is 10.9. The highest BCUT2D eigenvalue weighted by Crippen LogP contribution is 2.18. The zero-order valence-corrected chi connectivity index (χ0v) is 20.3. The zero-order chi connectivity index (χ0) is 19.8. The molecule has 3 aliphatic rings. The highest BCUT2D eigenvalue weighted by Gasteiger charge is 2.31. The van der Waals surface area contributed by atoms with Crippen LogP contribution in [0.1, 0.15) is 32.6 Å². The molecule has 0 aromatic carbocycles. The molecule has 2 unspecified atom stereocenters. The van der Waals surface area contributed by atoms with E-state index in [-0.39, 0.29) is 36.0 Å². The number of methoxy groups -OCH3 is 1. The van der Waals surface area contributed by atoms with Crippen LogP contribution in [0, 0.1) is 0 Å². The monoisotopic (exact) mass is 523 g/mol. The summed E-state index contributed by atoms with van der Waals surface area (Å²) >= 11 is 0. The van der Waals surface area contributed by atoms with E-state index in [0.29, 0.717) is 6.04 Å². The minimum atomic E-state index is -0.214. The van der Waals surface area contributed by atoms with Gasteiger partial charge in [0.05, 0.1) is 13.2 Å². The zero-order valence-electron chi connectivity index (χ0n) is 18.0. The number of nitrogens with zero attached hydrogens (tertiary/aromatic N) is 4. The number of carbonyl (C=O) groups is 1. The Kier molecular flexibility index (Phi) is 11.0. The van der Waals surface area contributed by atoms with E-state index in [4.69, 9.17) is 14.5 Å². The maximum absolute atomic E-state index is 12.5. The molecule has 0 saturated carbocycles. The molecule has 3 heterocycles. The molecule has 2 atom stereocenters. The number of rotatable bonds is 7. The quantitative estimate of drug-likeness (QED) is 0.305. The van der Waals surface area contributed by atoms with Crippen molar-refractivity contribution in [2.45, 2.75) is 44.8 Å². The van der Waals surface area contributed by atoms with E-state index in [1.165, 1.54) is 12.8 Å². The predicted molar refractivity (Wildman–Crippen MR) is 125 cm³/mol. The van der Waals surface area contributed by atoms with Crippen LogP contribution < -0.4 is 5.32 Å². The summed E-state index contributed by atoms with van der Waals surface area (Å²) in [5, 5.41) is 3.44. The van der Waals surface area contributed by atoms with Gasteiger partial charge in [-0.2, -0.15) is 0 Å².